The van der Waals surface area contributed by atoms with E-state index < -0.39 is 0 Å². The molecule has 0 aliphatic heterocycles. The number of hydrogen-bond donors (Lipinski definition) is 1. The van der Waals surface area contributed by atoms with Crippen LogP contribution in [-0.4, -0.2) is 7.11 Å². The molecule has 20 heavy (non-hydrogen) atoms. The summed E-state index contributed by atoms with van der Waals surface area (Å²) in [5, 5.41) is 4.31. The van der Waals surface area contributed by atoms with E-state index in [1.807, 2.05) is 18.2 Å². The Morgan fingerprint density at radius 3 is 3.15 bits per heavy atom. The highest BCUT2D eigenvalue weighted by Crippen LogP contribution is 2.32. The smallest absolute Gasteiger partial charge is 0.124 e. The largest absolute Gasteiger partial charge is 0.496 e. The van der Waals surface area contributed by atoms with Gasteiger partial charge in [0.05, 0.1) is 13.4 Å². The maximum absolute atomic E-state index is 6.27. The van der Waals surface area contributed by atoms with Gasteiger partial charge >= 0.3 is 0 Å². The van der Waals surface area contributed by atoms with Gasteiger partial charge in [0, 0.05) is 35.2 Å². The molecule has 1 aliphatic rings. The van der Waals surface area contributed by atoms with E-state index >= 15 is 0 Å². The van der Waals surface area contributed by atoms with Gasteiger partial charge in [-0.15, -0.1) is 0 Å². The van der Waals surface area contributed by atoms with Crippen molar-refractivity contribution in [2.24, 2.45) is 0 Å². The number of ether oxygens (including phenoxy) is 1. The summed E-state index contributed by atoms with van der Waals surface area (Å²) in [4.78, 5) is 0. The first-order valence-electron chi connectivity index (χ1n) is 6.90. The van der Waals surface area contributed by atoms with E-state index in [1.165, 1.54) is 5.56 Å². The molecule has 3 rings (SSSR count). The van der Waals surface area contributed by atoms with Crippen molar-refractivity contribution in [3.05, 3.63) is 52.4 Å². The summed E-state index contributed by atoms with van der Waals surface area (Å²) in [6.07, 6.45) is 5.09. The molecular weight excluding hydrogens is 274 g/mol. The molecule has 1 N–H and O–H groups in total. The highest BCUT2D eigenvalue weighted by Gasteiger charge is 2.22. The van der Waals surface area contributed by atoms with Crippen molar-refractivity contribution in [1.82, 2.24) is 5.32 Å². The van der Waals surface area contributed by atoms with E-state index in [2.05, 4.69) is 11.4 Å². The maximum Gasteiger partial charge on any atom is 0.124 e. The number of hydrogen-bond acceptors (Lipinski definition) is 3. The van der Waals surface area contributed by atoms with Crippen LogP contribution in [0.1, 0.15) is 35.8 Å². The lowest BCUT2D eigenvalue weighted by Crippen LogP contribution is -2.24. The fourth-order valence-electron chi connectivity index (χ4n) is 2.83. The van der Waals surface area contributed by atoms with E-state index in [9.17, 15) is 0 Å². The number of methoxy groups -OCH3 is 1. The van der Waals surface area contributed by atoms with Crippen LogP contribution in [-0.2, 0) is 13.0 Å². The molecule has 1 aromatic carbocycles. The minimum absolute atomic E-state index is 0.332. The van der Waals surface area contributed by atoms with Gasteiger partial charge in [-0.2, -0.15) is 0 Å². The maximum atomic E-state index is 6.27. The lowest BCUT2D eigenvalue weighted by Gasteiger charge is -2.23. The molecular formula is C16H18ClNO2. The predicted octanol–water partition coefficient (Wildman–Crippen LogP) is 4.11. The van der Waals surface area contributed by atoms with Gasteiger partial charge < -0.3 is 14.5 Å². The first-order chi connectivity index (χ1) is 9.79. The molecule has 0 spiro atoms. The molecule has 0 radical (unpaired) electrons. The molecule has 3 nitrogen and oxygen atoms in total. The summed E-state index contributed by atoms with van der Waals surface area (Å²) in [6, 6.07) is 8.13. The topological polar surface area (TPSA) is 34.4 Å². The fourth-order valence-corrected chi connectivity index (χ4v) is 3.06. The van der Waals surface area contributed by atoms with Crippen molar-refractivity contribution >= 4 is 11.6 Å². The zero-order valence-corrected chi connectivity index (χ0v) is 12.2. The SMILES string of the molecule is COc1cccc(Cl)c1CN[C@H]1CCCc2occc21. The second kappa shape index (κ2) is 5.90. The zero-order valence-electron chi connectivity index (χ0n) is 11.5. The van der Waals surface area contributed by atoms with Crippen LogP contribution < -0.4 is 10.1 Å². The van der Waals surface area contributed by atoms with Gasteiger partial charge in [-0.05, 0) is 31.0 Å². The molecule has 0 saturated carbocycles. The van der Waals surface area contributed by atoms with E-state index in [4.69, 9.17) is 20.8 Å². The molecule has 1 aliphatic carbocycles. The highest BCUT2D eigenvalue weighted by molar-refractivity contribution is 6.31. The highest BCUT2D eigenvalue weighted by atomic mass is 35.5. The number of furan rings is 1. The van der Waals surface area contributed by atoms with E-state index in [-0.39, 0.29) is 0 Å². The van der Waals surface area contributed by atoms with Gasteiger partial charge in [0.1, 0.15) is 11.5 Å². The Hall–Kier alpha value is -1.45. The van der Waals surface area contributed by atoms with Crippen LogP contribution in [0.2, 0.25) is 5.02 Å². The van der Waals surface area contributed by atoms with Gasteiger partial charge in [0.25, 0.3) is 0 Å². The van der Waals surface area contributed by atoms with Gasteiger partial charge in [-0.3, -0.25) is 0 Å². The van der Waals surface area contributed by atoms with Crippen LogP contribution in [0.25, 0.3) is 0 Å². The van der Waals surface area contributed by atoms with Gasteiger partial charge in [-0.25, -0.2) is 0 Å². The van der Waals surface area contributed by atoms with Gasteiger partial charge in [-0.1, -0.05) is 17.7 Å². The average Bonchev–Trinajstić information content (AvgIpc) is 2.94. The van der Waals surface area contributed by atoms with Crippen LogP contribution >= 0.6 is 11.6 Å². The van der Waals surface area contributed by atoms with Crippen molar-refractivity contribution < 1.29 is 9.15 Å². The minimum atomic E-state index is 0.332. The molecule has 1 atom stereocenters. The van der Waals surface area contributed by atoms with Crippen LogP contribution in [0, 0.1) is 0 Å². The number of fused-ring (bicyclic) bond motifs is 1. The first kappa shape index (κ1) is 13.5. The van der Waals surface area contributed by atoms with E-state index in [1.54, 1.807) is 13.4 Å². The molecule has 0 fully saturated rings. The van der Waals surface area contributed by atoms with Crippen molar-refractivity contribution in [2.75, 3.05) is 7.11 Å². The Balaban J connectivity index is 1.75. The molecule has 106 valence electrons. The van der Waals surface area contributed by atoms with Crippen LogP contribution in [0.4, 0.5) is 0 Å². The number of nitrogens with one attached hydrogen (secondary N) is 1. The molecule has 4 heteroatoms. The monoisotopic (exact) mass is 291 g/mol. The second-order valence-electron chi connectivity index (χ2n) is 5.05. The molecule has 0 saturated heterocycles. The summed E-state index contributed by atoms with van der Waals surface area (Å²) >= 11 is 6.27. The molecule has 0 unspecified atom stereocenters. The molecule has 1 heterocycles. The van der Waals surface area contributed by atoms with Crippen molar-refractivity contribution in [1.29, 1.82) is 0 Å². The molecule has 1 aromatic heterocycles. The fraction of sp³-hybridized carbons (Fsp3) is 0.375. The quantitative estimate of drug-likeness (QED) is 0.920. The van der Waals surface area contributed by atoms with E-state index in [0.29, 0.717) is 12.6 Å². The van der Waals surface area contributed by atoms with Crippen LogP contribution in [0.5, 0.6) is 5.75 Å². The third-order valence-electron chi connectivity index (χ3n) is 3.87. The number of rotatable bonds is 4. The van der Waals surface area contributed by atoms with Gasteiger partial charge in [0.2, 0.25) is 0 Å². The summed E-state index contributed by atoms with van der Waals surface area (Å²) in [7, 11) is 1.67. The Morgan fingerprint density at radius 2 is 2.30 bits per heavy atom. The normalized spacial score (nSPS) is 17.8. The van der Waals surface area contributed by atoms with Crippen molar-refractivity contribution in [3.63, 3.8) is 0 Å². The Labute approximate surface area is 123 Å². The summed E-state index contributed by atoms with van der Waals surface area (Å²) < 4.78 is 10.9. The second-order valence-corrected chi connectivity index (χ2v) is 5.45. The van der Waals surface area contributed by atoms with Crippen LogP contribution in [0.15, 0.2) is 34.9 Å². The summed E-state index contributed by atoms with van der Waals surface area (Å²) in [6.45, 7) is 0.693. The Kier molecular flexibility index (Phi) is 3.99. The van der Waals surface area contributed by atoms with Crippen molar-refractivity contribution in [2.45, 2.75) is 31.8 Å². The van der Waals surface area contributed by atoms with E-state index in [0.717, 1.165) is 41.4 Å². The Bertz CT molecular complexity index is 594. The molecule has 2 aromatic rings. The standard InChI is InChI=1S/C16H18ClNO2/c1-19-15-6-2-4-13(17)12(15)10-18-14-5-3-7-16-11(14)8-9-20-16/h2,4,6,8-9,14,18H,3,5,7,10H2,1H3/t14-/m0/s1. The lowest BCUT2D eigenvalue weighted by molar-refractivity contribution is 0.393. The number of benzene rings is 1. The minimum Gasteiger partial charge on any atom is -0.496 e. The Morgan fingerprint density at radius 1 is 1.40 bits per heavy atom. The van der Waals surface area contributed by atoms with Gasteiger partial charge in [0.15, 0.2) is 0 Å². The number of halogens is 1. The summed E-state index contributed by atoms with van der Waals surface area (Å²) in [5.41, 5.74) is 2.29. The third-order valence-corrected chi connectivity index (χ3v) is 4.23. The first-order valence-corrected chi connectivity index (χ1v) is 7.28. The predicted molar refractivity (Wildman–Crippen MR) is 79.2 cm³/mol. The third kappa shape index (κ3) is 2.56. The average molecular weight is 292 g/mol. The zero-order chi connectivity index (χ0) is 13.9. The summed E-state index contributed by atoms with van der Waals surface area (Å²) in [5.74, 6) is 1.94. The molecule has 0 bridgehead atoms. The number of aryl methyl sites for hydroxylation is 1. The van der Waals surface area contributed by atoms with Crippen molar-refractivity contribution in [3.8, 4) is 5.75 Å². The lowest BCUT2D eigenvalue weighted by atomic mass is 9.93. The molecule has 0 amide bonds. The van der Waals surface area contributed by atoms with Crippen LogP contribution in [0.3, 0.4) is 0 Å².